The van der Waals surface area contributed by atoms with E-state index in [0.717, 1.165) is 22.6 Å². The molecule has 6 heteroatoms. The van der Waals surface area contributed by atoms with Crippen LogP contribution in [0.25, 0.3) is 0 Å². The number of ether oxygens (including phenoxy) is 1. The smallest absolute Gasteiger partial charge is 0.242 e. The molecule has 0 bridgehead atoms. The Balaban J connectivity index is 1.69. The molecule has 1 atom stereocenters. The summed E-state index contributed by atoms with van der Waals surface area (Å²) in [4.78, 5) is 31.9. The van der Waals surface area contributed by atoms with Crippen LogP contribution in [-0.4, -0.2) is 34.8 Å². The highest BCUT2D eigenvalue weighted by atomic mass is 16.5. The van der Waals surface area contributed by atoms with E-state index in [2.05, 4.69) is 10.3 Å². The number of nitrogens with zero attached hydrogens (tertiary/aromatic N) is 2. The van der Waals surface area contributed by atoms with Gasteiger partial charge in [-0.25, -0.2) is 0 Å². The van der Waals surface area contributed by atoms with Gasteiger partial charge in [0, 0.05) is 19.2 Å². The summed E-state index contributed by atoms with van der Waals surface area (Å²) in [5.74, 6) is 0.472. The molecule has 0 fully saturated rings. The molecule has 32 heavy (non-hydrogen) atoms. The van der Waals surface area contributed by atoms with Crippen molar-refractivity contribution in [1.82, 2.24) is 15.2 Å². The van der Waals surface area contributed by atoms with Crippen molar-refractivity contribution in [3.63, 3.8) is 0 Å². The molecule has 166 valence electrons. The summed E-state index contributed by atoms with van der Waals surface area (Å²) >= 11 is 0. The maximum atomic E-state index is 13.2. The number of aromatic nitrogens is 1. The van der Waals surface area contributed by atoms with Gasteiger partial charge in [0.05, 0.1) is 19.3 Å². The Bertz CT molecular complexity index is 992. The van der Waals surface area contributed by atoms with Crippen LogP contribution in [-0.2, 0) is 29.1 Å². The Kier molecular flexibility index (Phi) is 8.37. The fraction of sp³-hybridized carbons (Fsp3) is 0.269. The molecule has 0 aliphatic carbocycles. The first-order valence-corrected chi connectivity index (χ1v) is 10.7. The van der Waals surface area contributed by atoms with Crippen molar-refractivity contribution >= 4 is 11.8 Å². The number of carbonyl (C=O) groups excluding carboxylic acids is 2. The van der Waals surface area contributed by atoms with Crippen LogP contribution in [0.15, 0.2) is 79.0 Å². The molecule has 1 heterocycles. The van der Waals surface area contributed by atoms with Crippen LogP contribution in [0, 0.1) is 0 Å². The first-order valence-electron chi connectivity index (χ1n) is 10.7. The predicted molar refractivity (Wildman–Crippen MR) is 124 cm³/mol. The third kappa shape index (κ3) is 6.67. The molecule has 3 aromatic rings. The van der Waals surface area contributed by atoms with Gasteiger partial charge in [-0.2, -0.15) is 0 Å². The van der Waals surface area contributed by atoms with Crippen molar-refractivity contribution in [1.29, 1.82) is 0 Å². The van der Waals surface area contributed by atoms with Crippen molar-refractivity contribution in [2.75, 3.05) is 7.11 Å². The van der Waals surface area contributed by atoms with Crippen LogP contribution >= 0.6 is 0 Å². The van der Waals surface area contributed by atoms with Crippen LogP contribution in [0.4, 0.5) is 0 Å². The van der Waals surface area contributed by atoms with E-state index in [1.54, 1.807) is 25.1 Å². The van der Waals surface area contributed by atoms with E-state index in [1.807, 2.05) is 72.8 Å². The molecule has 0 aliphatic heterocycles. The van der Waals surface area contributed by atoms with E-state index in [0.29, 0.717) is 25.9 Å². The molecule has 0 spiro atoms. The zero-order chi connectivity index (χ0) is 22.8. The summed E-state index contributed by atoms with van der Waals surface area (Å²) < 4.78 is 5.22. The molecule has 1 N–H and O–H groups in total. The van der Waals surface area contributed by atoms with Gasteiger partial charge in [-0.05, 0) is 48.7 Å². The molecule has 2 amide bonds. The normalized spacial score (nSPS) is 11.4. The van der Waals surface area contributed by atoms with Crippen LogP contribution in [0.1, 0.15) is 30.2 Å². The van der Waals surface area contributed by atoms with Crippen molar-refractivity contribution in [3.8, 4) is 5.75 Å². The maximum absolute atomic E-state index is 13.2. The zero-order valence-corrected chi connectivity index (χ0v) is 18.5. The summed E-state index contributed by atoms with van der Waals surface area (Å²) in [6.07, 6.45) is 2.65. The summed E-state index contributed by atoms with van der Waals surface area (Å²) in [5, 5.41) is 2.90. The number of methoxy groups -OCH3 is 1. The highest BCUT2D eigenvalue weighted by Crippen LogP contribution is 2.16. The standard InChI is InChI=1S/C26H29N3O3/c1-20(26(31)28-18-23-10-6-7-17-27-23)29(19-22-11-14-24(32-2)15-12-22)25(30)16-13-21-8-4-3-5-9-21/h3-12,14-15,17,20H,13,16,18-19H2,1-2H3,(H,28,31). The average Bonchev–Trinajstić information content (AvgIpc) is 2.85. The number of aryl methyl sites for hydroxylation is 1. The maximum Gasteiger partial charge on any atom is 0.242 e. The topological polar surface area (TPSA) is 71.5 Å². The highest BCUT2D eigenvalue weighted by Gasteiger charge is 2.26. The average molecular weight is 432 g/mol. The molecule has 1 unspecified atom stereocenters. The third-order valence-electron chi connectivity index (χ3n) is 5.32. The fourth-order valence-electron chi connectivity index (χ4n) is 3.38. The minimum absolute atomic E-state index is 0.0647. The summed E-state index contributed by atoms with van der Waals surface area (Å²) in [6, 6.07) is 22.4. The molecule has 0 aliphatic rings. The van der Waals surface area contributed by atoms with Gasteiger partial charge in [-0.15, -0.1) is 0 Å². The number of carbonyl (C=O) groups is 2. The van der Waals surface area contributed by atoms with Crippen molar-refractivity contribution in [3.05, 3.63) is 95.8 Å². The van der Waals surface area contributed by atoms with E-state index in [9.17, 15) is 9.59 Å². The number of benzene rings is 2. The quantitative estimate of drug-likeness (QED) is 0.531. The summed E-state index contributed by atoms with van der Waals surface area (Å²) in [7, 11) is 1.61. The second-order valence-corrected chi connectivity index (χ2v) is 7.57. The van der Waals surface area contributed by atoms with Crippen molar-refractivity contribution in [2.24, 2.45) is 0 Å². The van der Waals surface area contributed by atoms with Crippen molar-refractivity contribution < 1.29 is 14.3 Å². The number of hydrogen-bond acceptors (Lipinski definition) is 4. The zero-order valence-electron chi connectivity index (χ0n) is 18.5. The van der Waals surface area contributed by atoms with E-state index in [1.165, 1.54) is 0 Å². The second-order valence-electron chi connectivity index (χ2n) is 7.57. The monoisotopic (exact) mass is 431 g/mol. The molecular weight excluding hydrogens is 402 g/mol. The lowest BCUT2D eigenvalue weighted by molar-refractivity contribution is -0.140. The van der Waals surface area contributed by atoms with Gasteiger partial charge in [-0.3, -0.25) is 14.6 Å². The summed E-state index contributed by atoms with van der Waals surface area (Å²) in [6.45, 7) is 2.42. The lowest BCUT2D eigenvalue weighted by Crippen LogP contribution is -2.47. The summed E-state index contributed by atoms with van der Waals surface area (Å²) in [5.41, 5.74) is 2.80. The van der Waals surface area contributed by atoms with Crippen LogP contribution in [0.2, 0.25) is 0 Å². The van der Waals surface area contributed by atoms with E-state index in [4.69, 9.17) is 4.74 Å². The van der Waals surface area contributed by atoms with E-state index < -0.39 is 6.04 Å². The van der Waals surface area contributed by atoms with E-state index >= 15 is 0 Å². The van der Waals surface area contributed by atoms with Gasteiger partial charge >= 0.3 is 0 Å². The Morgan fingerprint density at radius 3 is 2.34 bits per heavy atom. The minimum atomic E-state index is -0.621. The van der Waals surface area contributed by atoms with Crippen LogP contribution in [0.5, 0.6) is 5.75 Å². The molecule has 2 aromatic carbocycles. The molecular formula is C26H29N3O3. The first kappa shape index (κ1) is 23.0. The predicted octanol–water partition coefficient (Wildman–Crippen LogP) is 3.76. The lowest BCUT2D eigenvalue weighted by Gasteiger charge is -2.29. The van der Waals surface area contributed by atoms with Gasteiger partial charge in [0.1, 0.15) is 11.8 Å². The molecule has 6 nitrogen and oxygen atoms in total. The van der Waals surface area contributed by atoms with Crippen LogP contribution in [0.3, 0.4) is 0 Å². The Morgan fingerprint density at radius 1 is 0.969 bits per heavy atom. The van der Waals surface area contributed by atoms with Gasteiger partial charge < -0.3 is 15.0 Å². The number of rotatable bonds is 10. The van der Waals surface area contributed by atoms with Gasteiger partial charge in [-0.1, -0.05) is 48.5 Å². The number of hydrogen-bond donors (Lipinski definition) is 1. The Hall–Kier alpha value is -3.67. The van der Waals surface area contributed by atoms with Gasteiger partial charge in [0.15, 0.2) is 0 Å². The Morgan fingerprint density at radius 2 is 1.69 bits per heavy atom. The molecule has 1 aromatic heterocycles. The molecule has 0 saturated heterocycles. The number of nitrogens with one attached hydrogen (secondary N) is 1. The van der Waals surface area contributed by atoms with Gasteiger partial charge in [0.2, 0.25) is 11.8 Å². The first-order chi connectivity index (χ1) is 15.6. The van der Waals surface area contributed by atoms with E-state index in [-0.39, 0.29) is 11.8 Å². The molecule has 0 saturated carbocycles. The van der Waals surface area contributed by atoms with Crippen molar-refractivity contribution in [2.45, 2.75) is 38.9 Å². The van der Waals surface area contributed by atoms with Gasteiger partial charge in [0.25, 0.3) is 0 Å². The largest absolute Gasteiger partial charge is 0.497 e. The lowest BCUT2D eigenvalue weighted by atomic mass is 10.1. The third-order valence-corrected chi connectivity index (χ3v) is 5.32. The SMILES string of the molecule is COc1ccc(CN(C(=O)CCc2ccccc2)C(C)C(=O)NCc2ccccn2)cc1. The van der Waals surface area contributed by atoms with Crippen LogP contribution < -0.4 is 10.1 Å². The Labute approximate surface area is 189 Å². The fourth-order valence-corrected chi connectivity index (χ4v) is 3.38. The number of pyridine rings is 1. The number of amides is 2. The molecule has 0 radical (unpaired) electrons. The minimum Gasteiger partial charge on any atom is -0.497 e. The highest BCUT2D eigenvalue weighted by molar-refractivity contribution is 5.87. The second kappa shape index (κ2) is 11.6. The molecule has 3 rings (SSSR count).